The first-order valence-electron chi connectivity index (χ1n) is 8.06. The Balaban J connectivity index is 1.70. The minimum atomic E-state index is -0.734. The van der Waals surface area contributed by atoms with E-state index in [1.165, 1.54) is 0 Å². The number of carboxylic acid groups (broad SMARTS) is 1. The molecule has 2 aliphatic heterocycles. The Morgan fingerprint density at radius 3 is 2.74 bits per heavy atom. The highest BCUT2D eigenvalue weighted by Gasteiger charge is 2.30. The molecule has 2 N–H and O–H groups in total. The van der Waals surface area contributed by atoms with Gasteiger partial charge in [-0.2, -0.15) is 11.8 Å². The van der Waals surface area contributed by atoms with Gasteiger partial charge < -0.3 is 19.9 Å². The van der Waals surface area contributed by atoms with Crippen LogP contribution < -0.4 is 14.8 Å². The monoisotopic (exact) mass is 337 g/mol. The Labute approximate surface area is 140 Å². The van der Waals surface area contributed by atoms with Crippen molar-refractivity contribution in [3.05, 3.63) is 23.8 Å². The van der Waals surface area contributed by atoms with E-state index in [9.17, 15) is 4.79 Å². The lowest BCUT2D eigenvalue weighted by atomic mass is 10.00. The predicted molar refractivity (Wildman–Crippen MR) is 90.5 cm³/mol. The summed E-state index contributed by atoms with van der Waals surface area (Å²) in [5.74, 6) is 2.74. The lowest BCUT2D eigenvalue weighted by Gasteiger charge is -2.24. The summed E-state index contributed by atoms with van der Waals surface area (Å²) in [7, 11) is 1.64. The van der Waals surface area contributed by atoms with Gasteiger partial charge in [-0.05, 0) is 48.5 Å². The van der Waals surface area contributed by atoms with Crippen LogP contribution in [0.15, 0.2) is 18.2 Å². The summed E-state index contributed by atoms with van der Waals surface area (Å²) >= 11 is 1.97. The number of hydrogen-bond donors (Lipinski definition) is 2. The van der Waals surface area contributed by atoms with Crippen LogP contribution in [0.2, 0.25) is 0 Å². The van der Waals surface area contributed by atoms with Crippen LogP contribution in [0.3, 0.4) is 0 Å². The Bertz CT molecular complexity index is 560. The average Bonchev–Trinajstić information content (AvgIpc) is 3.06. The van der Waals surface area contributed by atoms with Crippen LogP contribution in [0.5, 0.6) is 11.5 Å². The maximum Gasteiger partial charge on any atom is 0.307 e. The highest BCUT2D eigenvalue weighted by molar-refractivity contribution is 7.99. The molecule has 2 saturated heterocycles. The van der Waals surface area contributed by atoms with Crippen LogP contribution in [0, 0.1) is 5.92 Å². The lowest BCUT2D eigenvalue weighted by molar-refractivity contribution is -0.141. The predicted octanol–water partition coefficient (Wildman–Crippen LogP) is 2.70. The maximum atomic E-state index is 11.1. The second-order valence-electron chi connectivity index (χ2n) is 6.07. The molecule has 2 atom stereocenters. The first-order valence-corrected chi connectivity index (χ1v) is 9.21. The number of benzene rings is 1. The van der Waals surface area contributed by atoms with E-state index in [1.54, 1.807) is 7.11 Å². The minimum Gasteiger partial charge on any atom is -0.493 e. The average molecular weight is 337 g/mol. The Kier molecular flexibility index (Phi) is 5.33. The van der Waals surface area contributed by atoms with Gasteiger partial charge >= 0.3 is 5.97 Å². The van der Waals surface area contributed by atoms with Gasteiger partial charge in [-0.3, -0.25) is 4.79 Å². The Hall–Kier alpha value is -1.40. The number of carboxylic acids is 1. The van der Waals surface area contributed by atoms with Gasteiger partial charge in [-0.15, -0.1) is 0 Å². The van der Waals surface area contributed by atoms with E-state index in [0.29, 0.717) is 13.0 Å². The van der Waals surface area contributed by atoms with Gasteiger partial charge in [0.25, 0.3) is 0 Å². The molecule has 0 radical (unpaired) electrons. The molecular weight excluding hydrogens is 314 g/mol. The fourth-order valence-electron chi connectivity index (χ4n) is 3.15. The van der Waals surface area contributed by atoms with Crippen molar-refractivity contribution >= 4 is 17.7 Å². The fraction of sp³-hybridized carbons (Fsp3) is 0.588. The number of carbonyl (C=O) groups is 1. The molecule has 2 fully saturated rings. The summed E-state index contributed by atoms with van der Waals surface area (Å²) in [4.78, 5) is 11.1. The van der Waals surface area contributed by atoms with Crippen LogP contribution >= 0.6 is 11.8 Å². The van der Waals surface area contributed by atoms with Crippen LogP contribution in [-0.2, 0) is 4.79 Å². The van der Waals surface area contributed by atoms with Gasteiger partial charge in [-0.1, -0.05) is 6.07 Å². The molecule has 0 bridgehead atoms. The van der Waals surface area contributed by atoms with Gasteiger partial charge in [0.15, 0.2) is 11.5 Å². The van der Waals surface area contributed by atoms with E-state index in [-0.39, 0.29) is 18.1 Å². The van der Waals surface area contributed by atoms with E-state index in [4.69, 9.17) is 14.6 Å². The number of hydrogen-bond acceptors (Lipinski definition) is 5. The van der Waals surface area contributed by atoms with Gasteiger partial charge in [0.05, 0.1) is 13.0 Å². The van der Waals surface area contributed by atoms with Crippen molar-refractivity contribution in [3.8, 4) is 11.5 Å². The van der Waals surface area contributed by atoms with Gasteiger partial charge in [0.2, 0.25) is 0 Å². The third-order valence-electron chi connectivity index (χ3n) is 4.53. The van der Waals surface area contributed by atoms with Crippen LogP contribution in [-0.4, -0.2) is 42.3 Å². The summed E-state index contributed by atoms with van der Waals surface area (Å²) in [6.45, 7) is 0.514. The lowest BCUT2D eigenvalue weighted by Crippen LogP contribution is -2.22. The fourth-order valence-corrected chi connectivity index (χ4v) is 4.21. The molecule has 3 rings (SSSR count). The van der Waals surface area contributed by atoms with Crippen molar-refractivity contribution in [1.29, 1.82) is 0 Å². The smallest absolute Gasteiger partial charge is 0.307 e. The SMILES string of the molecule is COc1cc(C2CC(C(=O)O)CN2)ccc1OC1CCSCC1. The number of thioether (sulfide) groups is 1. The minimum absolute atomic E-state index is 0.0603. The zero-order valence-electron chi connectivity index (χ0n) is 13.3. The zero-order chi connectivity index (χ0) is 16.2. The number of ether oxygens (including phenoxy) is 2. The third-order valence-corrected chi connectivity index (χ3v) is 5.58. The van der Waals surface area contributed by atoms with Gasteiger partial charge in [0.1, 0.15) is 6.10 Å². The molecule has 126 valence electrons. The molecule has 2 heterocycles. The Morgan fingerprint density at radius 1 is 1.30 bits per heavy atom. The van der Waals surface area contributed by atoms with Crippen molar-refractivity contribution in [2.45, 2.75) is 31.4 Å². The summed E-state index contributed by atoms with van der Waals surface area (Å²) in [5, 5.41) is 12.4. The molecule has 2 unspecified atom stereocenters. The molecule has 23 heavy (non-hydrogen) atoms. The molecule has 0 aliphatic carbocycles. The molecule has 1 aromatic carbocycles. The number of nitrogens with one attached hydrogen (secondary N) is 1. The van der Waals surface area contributed by atoms with Crippen LogP contribution in [0.25, 0.3) is 0 Å². The van der Waals surface area contributed by atoms with E-state index < -0.39 is 5.97 Å². The molecular formula is C17H23NO4S. The van der Waals surface area contributed by atoms with Crippen molar-refractivity contribution in [2.24, 2.45) is 5.92 Å². The zero-order valence-corrected chi connectivity index (χ0v) is 14.1. The normalized spacial score (nSPS) is 25.3. The Morgan fingerprint density at radius 2 is 2.09 bits per heavy atom. The summed E-state index contributed by atoms with van der Waals surface area (Å²) < 4.78 is 11.6. The third kappa shape index (κ3) is 3.93. The summed E-state index contributed by atoms with van der Waals surface area (Å²) in [5.41, 5.74) is 1.05. The highest BCUT2D eigenvalue weighted by atomic mass is 32.2. The van der Waals surface area contributed by atoms with Crippen molar-refractivity contribution in [3.63, 3.8) is 0 Å². The molecule has 5 nitrogen and oxygen atoms in total. The number of aliphatic carboxylic acids is 1. The second-order valence-corrected chi connectivity index (χ2v) is 7.30. The van der Waals surface area contributed by atoms with Gasteiger partial charge in [0, 0.05) is 12.6 Å². The standard InChI is InChI=1S/C17H23NO4S/c1-21-16-9-11(14-8-12(10-18-14)17(19)20)2-3-15(16)22-13-4-6-23-7-5-13/h2-3,9,12-14,18H,4-8,10H2,1H3,(H,19,20). The largest absolute Gasteiger partial charge is 0.493 e. The molecule has 0 spiro atoms. The van der Waals surface area contributed by atoms with E-state index in [1.807, 2.05) is 30.0 Å². The quantitative estimate of drug-likeness (QED) is 0.861. The van der Waals surface area contributed by atoms with E-state index >= 15 is 0 Å². The number of methoxy groups -OCH3 is 1. The molecule has 0 amide bonds. The molecule has 1 aromatic rings. The van der Waals surface area contributed by atoms with Crippen LogP contribution in [0.4, 0.5) is 0 Å². The van der Waals surface area contributed by atoms with Crippen molar-refractivity contribution in [2.75, 3.05) is 25.2 Å². The van der Waals surface area contributed by atoms with E-state index in [2.05, 4.69) is 5.32 Å². The molecule has 0 saturated carbocycles. The molecule has 2 aliphatic rings. The van der Waals surface area contributed by atoms with Crippen LogP contribution in [0.1, 0.15) is 30.9 Å². The number of rotatable bonds is 5. The maximum absolute atomic E-state index is 11.1. The summed E-state index contributed by atoms with van der Waals surface area (Å²) in [6, 6.07) is 5.99. The molecule has 0 aromatic heterocycles. The summed E-state index contributed by atoms with van der Waals surface area (Å²) in [6.07, 6.45) is 3.01. The first-order chi connectivity index (χ1) is 11.2. The van der Waals surface area contributed by atoms with Gasteiger partial charge in [-0.25, -0.2) is 0 Å². The van der Waals surface area contributed by atoms with Crippen molar-refractivity contribution in [1.82, 2.24) is 5.32 Å². The highest BCUT2D eigenvalue weighted by Crippen LogP contribution is 2.35. The molecule has 6 heteroatoms. The second kappa shape index (κ2) is 7.45. The first kappa shape index (κ1) is 16.5. The van der Waals surface area contributed by atoms with E-state index in [0.717, 1.165) is 41.4 Å². The van der Waals surface area contributed by atoms with Crippen molar-refractivity contribution < 1.29 is 19.4 Å². The topological polar surface area (TPSA) is 67.8 Å².